The Morgan fingerprint density at radius 1 is 1.21 bits per heavy atom. The summed E-state index contributed by atoms with van der Waals surface area (Å²) in [7, 11) is 0.501. The molecule has 3 heterocycles. The fourth-order valence-electron chi connectivity index (χ4n) is 4.08. The summed E-state index contributed by atoms with van der Waals surface area (Å²) < 4.78 is 25.3. The second-order valence-electron chi connectivity index (χ2n) is 8.54. The molecule has 2 aromatic heterocycles. The number of nitrogens with zero attached hydrogens (tertiary/aromatic N) is 6. The van der Waals surface area contributed by atoms with Crippen molar-refractivity contribution in [2.24, 2.45) is 0 Å². The van der Waals surface area contributed by atoms with E-state index in [1.807, 2.05) is 23.9 Å². The van der Waals surface area contributed by atoms with E-state index < -0.39 is 9.84 Å². The predicted molar refractivity (Wildman–Crippen MR) is 126 cm³/mol. The molecule has 1 aliphatic rings. The van der Waals surface area contributed by atoms with Gasteiger partial charge in [0.05, 0.1) is 10.6 Å². The summed E-state index contributed by atoms with van der Waals surface area (Å²) >= 11 is 0. The summed E-state index contributed by atoms with van der Waals surface area (Å²) in [4.78, 5) is 26.2. The molecule has 9 nitrogen and oxygen atoms in total. The van der Waals surface area contributed by atoms with Gasteiger partial charge in [0.15, 0.2) is 9.84 Å². The second-order valence-corrected chi connectivity index (χ2v) is 10.6. The SMILES string of the molecule is CN(C)c1ncc(-c2ccc(S(C)(=O)=O)cc2)c([C@H]2CCCN(C(=O)Cn3cccn3)C2)n1. The van der Waals surface area contributed by atoms with E-state index in [4.69, 9.17) is 4.98 Å². The number of benzene rings is 1. The van der Waals surface area contributed by atoms with E-state index in [-0.39, 0.29) is 23.3 Å². The molecule has 0 spiro atoms. The molecule has 1 amide bonds. The fraction of sp³-hybridized carbons (Fsp3) is 0.391. The topological polar surface area (TPSA) is 101 Å². The molecular weight excluding hydrogens is 440 g/mol. The van der Waals surface area contributed by atoms with E-state index >= 15 is 0 Å². The lowest BCUT2D eigenvalue weighted by atomic mass is 9.90. The van der Waals surface area contributed by atoms with Gasteiger partial charge in [0, 0.05) is 63.5 Å². The third-order valence-corrected chi connectivity index (χ3v) is 6.94. The number of rotatable bonds is 6. The van der Waals surface area contributed by atoms with Crippen molar-refractivity contribution in [2.75, 3.05) is 38.3 Å². The second kappa shape index (κ2) is 9.30. The first kappa shape index (κ1) is 22.9. The Balaban J connectivity index is 1.65. The van der Waals surface area contributed by atoms with Gasteiger partial charge in [-0.1, -0.05) is 12.1 Å². The summed E-state index contributed by atoms with van der Waals surface area (Å²) in [5, 5.41) is 4.14. The van der Waals surface area contributed by atoms with Crippen LogP contribution in [0.2, 0.25) is 0 Å². The minimum atomic E-state index is -3.28. The Labute approximate surface area is 194 Å². The number of amides is 1. The number of carbonyl (C=O) groups excluding carboxylic acids is 1. The number of hydrogen-bond acceptors (Lipinski definition) is 7. The Hall–Kier alpha value is -3.27. The van der Waals surface area contributed by atoms with Gasteiger partial charge in [-0.3, -0.25) is 9.48 Å². The van der Waals surface area contributed by atoms with E-state index in [0.29, 0.717) is 19.0 Å². The van der Waals surface area contributed by atoms with Gasteiger partial charge < -0.3 is 9.80 Å². The standard InChI is InChI=1S/C23H28N6O3S/c1-27(2)23-24-14-20(17-7-9-19(10-8-17)33(3,31)32)22(26-23)18-6-4-12-28(15-18)21(30)16-29-13-5-11-25-29/h5,7-11,13-14,18H,4,6,12,15-16H2,1-3H3/t18-/m0/s1. The molecule has 0 radical (unpaired) electrons. The third-order valence-electron chi connectivity index (χ3n) is 5.82. The number of piperidine rings is 1. The molecule has 33 heavy (non-hydrogen) atoms. The largest absolute Gasteiger partial charge is 0.347 e. The maximum absolute atomic E-state index is 12.9. The highest BCUT2D eigenvalue weighted by Crippen LogP contribution is 2.34. The molecule has 1 aromatic carbocycles. The minimum Gasteiger partial charge on any atom is -0.347 e. The molecule has 0 N–H and O–H groups in total. The third kappa shape index (κ3) is 5.22. The first-order valence-corrected chi connectivity index (χ1v) is 12.7. The van der Waals surface area contributed by atoms with Crippen LogP contribution >= 0.6 is 0 Å². The van der Waals surface area contributed by atoms with Gasteiger partial charge in [0.2, 0.25) is 11.9 Å². The Morgan fingerprint density at radius 3 is 2.61 bits per heavy atom. The number of carbonyl (C=O) groups is 1. The van der Waals surface area contributed by atoms with Crippen molar-refractivity contribution in [1.82, 2.24) is 24.6 Å². The quantitative estimate of drug-likeness (QED) is 0.547. The van der Waals surface area contributed by atoms with Crippen LogP contribution in [0, 0.1) is 0 Å². The summed E-state index contributed by atoms with van der Waals surface area (Å²) in [6.45, 7) is 1.49. The molecule has 0 unspecified atom stereocenters. The minimum absolute atomic E-state index is 0.0318. The molecule has 4 rings (SSSR count). The number of anilines is 1. The maximum atomic E-state index is 12.9. The maximum Gasteiger partial charge on any atom is 0.244 e. The molecule has 1 fully saturated rings. The first-order chi connectivity index (χ1) is 15.7. The van der Waals surface area contributed by atoms with Crippen molar-refractivity contribution >= 4 is 21.7 Å². The van der Waals surface area contributed by atoms with Gasteiger partial charge in [-0.25, -0.2) is 18.4 Å². The zero-order valence-corrected chi connectivity index (χ0v) is 19.9. The predicted octanol–water partition coefficient (Wildman–Crippen LogP) is 2.22. The molecular formula is C23H28N6O3S. The van der Waals surface area contributed by atoms with Crippen LogP contribution in [0.3, 0.4) is 0 Å². The number of hydrogen-bond donors (Lipinski definition) is 0. The molecule has 1 aliphatic heterocycles. The smallest absolute Gasteiger partial charge is 0.244 e. The van der Waals surface area contributed by atoms with Crippen molar-refractivity contribution in [2.45, 2.75) is 30.2 Å². The van der Waals surface area contributed by atoms with E-state index in [2.05, 4.69) is 10.1 Å². The number of aromatic nitrogens is 4. The van der Waals surface area contributed by atoms with Crippen LogP contribution in [-0.2, 0) is 21.2 Å². The summed E-state index contributed by atoms with van der Waals surface area (Å²) in [6, 6.07) is 8.59. The number of likely N-dealkylation sites (tertiary alicyclic amines) is 1. The van der Waals surface area contributed by atoms with Crippen molar-refractivity contribution in [3.05, 3.63) is 54.6 Å². The molecule has 10 heteroatoms. The van der Waals surface area contributed by atoms with Crippen LogP contribution in [0.25, 0.3) is 11.1 Å². The van der Waals surface area contributed by atoms with Crippen LogP contribution in [0.15, 0.2) is 53.8 Å². The summed E-state index contributed by atoms with van der Waals surface area (Å²) in [5.41, 5.74) is 2.58. The van der Waals surface area contributed by atoms with Crippen LogP contribution in [0.5, 0.6) is 0 Å². The van der Waals surface area contributed by atoms with Crippen LogP contribution in [-0.4, -0.2) is 72.4 Å². The number of sulfone groups is 1. The van der Waals surface area contributed by atoms with Crippen molar-refractivity contribution in [1.29, 1.82) is 0 Å². The van der Waals surface area contributed by atoms with E-state index in [9.17, 15) is 13.2 Å². The van der Waals surface area contributed by atoms with E-state index in [0.717, 1.165) is 29.7 Å². The lowest BCUT2D eigenvalue weighted by molar-refractivity contribution is -0.133. The van der Waals surface area contributed by atoms with Gasteiger partial charge >= 0.3 is 0 Å². The average Bonchev–Trinajstić information content (AvgIpc) is 3.31. The zero-order valence-electron chi connectivity index (χ0n) is 19.0. The molecule has 0 aliphatic carbocycles. The van der Waals surface area contributed by atoms with Gasteiger partial charge in [-0.2, -0.15) is 5.10 Å². The van der Waals surface area contributed by atoms with Crippen molar-refractivity contribution in [3.63, 3.8) is 0 Å². The van der Waals surface area contributed by atoms with Crippen LogP contribution in [0.1, 0.15) is 24.5 Å². The lowest BCUT2D eigenvalue weighted by Gasteiger charge is -2.33. The molecule has 0 bridgehead atoms. The van der Waals surface area contributed by atoms with Gasteiger partial charge in [-0.15, -0.1) is 0 Å². The molecule has 1 saturated heterocycles. The van der Waals surface area contributed by atoms with Crippen molar-refractivity contribution < 1.29 is 13.2 Å². The molecule has 174 valence electrons. The van der Waals surface area contributed by atoms with Crippen LogP contribution in [0.4, 0.5) is 5.95 Å². The van der Waals surface area contributed by atoms with Crippen molar-refractivity contribution in [3.8, 4) is 11.1 Å². The summed E-state index contributed by atoms with van der Waals surface area (Å²) in [6.07, 6.45) is 8.21. The highest BCUT2D eigenvalue weighted by atomic mass is 32.2. The molecule has 0 saturated carbocycles. The highest BCUT2D eigenvalue weighted by molar-refractivity contribution is 7.90. The highest BCUT2D eigenvalue weighted by Gasteiger charge is 2.28. The van der Waals surface area contributed by atoms with Gasteiger partial charge in [-0.05, 0) is 36.6 Å². The molecule has 3 aromatic rings. The van der Waals surface area contributed by atoms with Gasteiger partial charge in [0.1, 0.15) is 6.54 Å². The lowest BCUT2D eigenvalue weighted by Crippen LogP contribution is -2.41. The Morgan fingerprint density at radius 2 is 1.97 bits per heavy atom. The van der Waals surface area contributed by atoms with Gasteiger partial charge in [0.25, 0.3) is 0 Å². The normalized spacial score (nSPS) is 16.6. The Bertz CT molecular complexity index is 1220. The first-order valence-electron chi connectivity index (χ1n) is 10.8. The van der Waals surface area contributed by atoms with Crippen LogP contribution < -0.4 is 4.90 Å². The van der Waals surface area contributed by atoms with E-state index in [1.54, 1.807) is 53.6 Å². The average molecular weight is 469 g/mol. The monoisotopic (exact) mass is 468 g/mol. The summed E-state index contributed by atoms with van der Waals surface area (Å²) in [5.74, 6) is 0.678. The Kier molecular flexibility index (Phi) is 6.46. The van der Waals surface area contributed by atoms with E-state index in [1.165, 1.54) is 6.26 Å². The fourth-order valence-corrected chi connectivity index (χ4v) is 4.71. The molecule has 1 atom stereocenters. The zero-order chi connectivity index (χ0) is 23.6.